The molecule has 0 aliphatic rings. The third-order valence-corrected chi connectivity index (χ3v) is 3.02. The summed E-state index contributed by atoms with van der Waals surface area (Å²) >= 11 is 0. The molecule has 2 aromatic rings. The van der Waals surface area contributed by atoms with Gasteiger partial charge in [-0.2, -0.15) is 0 Å². The summed E-state index contributed by atoms with van der Waals surface area (Å²) in [5.41, 5.74) is 5.34. The Morgan fingerprint density at radius 3 is 1.50 bits per heavy atom. The van der Waals surface area contributed by atoms with Crippen LogP contribution in [0.25, 0.3) is 0 Å². The van der Waals surface area contributed by atoms with E-state index >= 15 is 0 Å². The number of nitro groups is 3. The lowest BCUT2D eigenvalue weighted by molar-refractivity contribution is -0.403. The van der Waals surface area contributed by atoms with Gasteiger partial charge in [0.05, 0.1) is 26.9 Å². The number of nitrogens with zero attached hydrogens (tertiary/aromatic N) is 3. The van der Waals surface area contributed by atoms with Gasteiger partial charge in [-0.1, -0.05) is 17.7 Å². The Kier molecular flexibility index (Phi) is 5.88. The minimum absolute atomic E-state index is 0.208. The Morgan fingerprint density at radius 1 is 0.792 bits per heavy atom. The normalized spacial score (nSPS) is 9.58. The highest BCUT2D eigenvalue weighted by atomic mass is 16.6. The molecule has 2 N–H and O–H groups in total. The van der Waals surface area contributed by atoms with Crippen LogP contribution in [0.1, 0.15) is 11.1 Å². The SMILES string of the molecule is Cc1c([N+](=O)[O-])cc([N+](=O)[O-])cc1[N+](=O)[O-].Cc1ccc(N)cc1. The molecule has 0 unspecified atom stereocenters. The number of nitrogen functional groups attached to an aromatic ring is 1. The lowest BCUT2D eigenvalue weighted by Crippen LogP contribution is -2.00. The van der Waals surface area contributed by atoms with Crippen LogP contribution in [-0.2, 0) is 0 Å². The van der Waals surface area contributed by atoms with E-state index in [2.05, 4.69) is 0 Å². The predicted molar refractivity (Wildman–Crippen MR) is 86.7 cm³/mol. The highest BCUT2D eigenvalue weighted by Crippen LogP contribution is 2.32. The zero-order valence-electron chi connectivity index (χ0n) is 12.8. The molecule has 0 fully saturated rings. The standard InChI is InChI=1S/C7H5N3O6.C7H9N/c1-4-6(9(13)14)2-5(8(11)12)3-7(4)10(15)16;1-6-2-4-7(8)5-3-6/h2-3H,1H3;2-5H,8H2,1H3. The second kappa shape index (κ2) is 7.63. The molecule has 2 rings (SSSR count). The number of aryl methyl sites for hydroxylation is 1. The van der Waals surface area contributed by atoms with Crippen molar-refractivity contribution in [2.45, 2.75) is 13.8 Å². The Bertz CT molecular complexity index is 732. The number of nitro benzene ring substituents is 3. The number of non-ortho nitro benzene ring substituents is 1. The summed E-state index contributed by atoms with van der Waals surface area (Å²) in [4.78, 5) is 28.8. The molecule has 0 atom stereocenters. The minimum Gasteiger partial charge on any atom is -0.399 e. The monoisotopic (exact) mass is 334 g/mol. The number of benzene rings is 2. The summed E-state index contributed by atoms with van der Waals surface area (Å²) in [5.74, 6) is 0. The molecule has 0 radical (unpaired) electrons. The quantitative estimate of drug-likeness (QED) is 0.512. The van der Waals surface area contributed by atoms with E-state index in [9.17, 15) is 30.3 Å². The van der Waals surface area contributed by atoms with Gasteiger partial charge in [0.2, 0.25) is 0 Å². The first-order valence-electron chi connectivity index (χ1n) is 6.53. The Balaban J connectivity index is 0.000000300. The number of hydrogen-bond acceptors (Lipinski definition) is 7. The van der Waals surface area contributed by atoms with Crippen LogP contribution in [0.3, 0.4) is 0 Å². The van der Waals surface area contributed by atoms with Gasteiger partial charge in [-0.15, -0.1) is 0 Å². The van der Waals surface area contributed by atoms with Gasteiger partial charge in [-0.3, -0.25) is 30.3 Å². The van der Waals surface area contributed by atoms with E-state index in [1.807, 2.05) is 31.2 Å². The first kappa shape index (κ1) is 18.5. The van der Waals surface area contributed by atoms with Gasteiger partial charge < -0.3 is 5.73 Å². The van der Waals surface area contributed by atoms with Crippen LogP contribution in [0.15, 0.2) is 36.4 Å². The lowest BCUT2D eigenvalue weighted by atomic mass is 10.1. The first-order valence-corrected chi connectivity index (χ1v) is 6.53. The van der Waals surface area contributed by atoms with E-state index in [1.165, 1.54) is 12.5 Å². The number of nitrogens with two attached hydrogens (primary N) is 1. The third-order valence-electron chi connectivity index (χ3n) is 3.02. The Labute approximate surface area is 136 Å². The highest BCUT2D eigenvalue weighted by Gasteiger charge is 2.27. The highest BCUT2D eigenvalue weighted by molar-refractivity contribution is 5.59. The Hall–Kier alpha value is -3.56. The summed E-state index contributed by atoms with van der Waals surface area (Å²) in [6, 6.07) is 9.18. The van der Waals surface area contributed by atoms with Crippen molar-refractivity contribution in [3.8, 4) is 0 Å². The molecule has 0 spiro atoms. The van der Waals surface area contributed by atoms with E-state index in [4.69, 9.17) is 5.73 Å². The van der Waals surface area contributed by atoms with Crippen LogP contribution >= 0.6 is 0 Å². The van der Waals surface area contributed by atoms with Gasteiger partial charge in [0.1, 0.15) is 5.56 Å². The summed E-state index contributed by atoms with van der Waals surface area (Å²) in [5, 5.41) is 31.5. The van der Waals surface area contributed by atoms with Gasteiger partial charge >= 0.3 is 0 Å². The molecule has 24 heavy (non-hydrogen) atoms. The van der Waals surface area contributed by atoms with E-state index < -0.39 is 31.8 Å². The van der Waals surface area contributed by atoms with Gasteiger partial charge in [0.15, 0.2) is 0 Å². The van der Waals surface area contributed by atoms with E-state index in [1.54, 1.807) is 0 Å². The molecule has 0 bridgehead atoms. The zero-order valence-corrected chi connectivity index (χ0v) is 12.8. The molecule has 10 heteroatoms. The van der Waals surface area contributed by atoms with Crippen molar-refractivity contribution in [3.05, 3.63) is 77.9 Å². The van der Waals surface area contributed by atoms with Crippen molar-refractivity contribution in [2.75, 3.05) is 5.73 Å². The molecule has 0 aromatic heterocycles. The van der Waals surface area contributed by atoms with Gasteiger partial charge in [0.25, 0.3) is 17.1 Å². The molecule has 0 saturated heterocycles. The van der Waals surface area contributed by atoms with E-state index in [0.717, 1.165) is 5.69 Å². The van der Waals surface area contributed by atoms with Crippen molar-refractivity contribution in [2.24, 2.45) is 0 Å². The van der Waals surface area contributed by atoms with Crippen molar-refractivity contribution in [1.29, 1.82) is 0 Å². The van der Waals surface area contributed by atoms with E-state index in [-0.39, 0.29) is 5.56 Å². The second-order valence-corrected chi connectivity index (χ2v) is 4.79. The van der Waals surface area contributed by atoms with Crippen LogP contribution in [0.2, 0.25) is 0 Å². The molecule has 0 heterocycles. The maximum absolute atomic E-state index is 10.5. The fourth-order valence-electron chi connectivity index (χ4n) is 1.72. The Morgan fingerprint density at radius 2 is 1.21 bits per heavy atom. The second-order valence-electron chi connectivity index (χ2n) is 4.79. The van der Waals surface area contributed by atoms with Gasteiger partial charge in [-0.05, 0) is 26.0 Å². The van der Waals surface area contributed by atoms with Crippen LogP contribution in [0, 0.1) is 44.2 Å². The molecule has 0 aliphatic carbocycles. The number of anilines is 1. The predicted octanol–water partition coefficient (Wildman–Crippen LogP) is 3.30. The zero-order chi connectivity index (χ0) is 18.4. The summed E-state index contributed by atoms with van der Waals surface area (Å²) in [6.45, 7) is 3.21. The molecule has 2 aromatic carbocycles. The fourth-order valence-corrected chi connectivity index (χ4v) is 1.72. The smallest absolute Gasteiger partial charge is 0.286 e. The average Bonchev–Trinajstić information content (AvgIpc) is 2.50. The van der Waals surface area contributed by atoms with Gasteiger partial charge in [-0.25, -0.2) is 0 Å². The molecule has 0 aliphatic heterocycles. The molecule has 10 nitrogen and oxygen atoms in total. The van der Waals surface area contributed by atoms with Crippen LogP contribution < -0.4 is 5.73 Å². The first-order chi connectivity index (χ1) is 11.1. The summed E-state index contributed by atoms with van der Waals surface area (Å²) in [7, 11) is 0. The minimum atomic E-state index is -0.917. The fraction of sp³-hybridized carbons (Fsp3) is 0.143. The topological polar surface area (TPSA) is 155 Å². The largest absolute Gasteiger partial charge is 0.399 e. The maximum Gasteiger partial charge on any atom is 0.286 e. The van der Waals surface area contributed by atoms with E-state index in [0.29, 0.717) is 12.1 Å². The third kappa shape index (κ3) is 4.73. The van der Waals surface area contributed by atoms with Crippen LogP contribution in [-0.4, -0.2) is 14.8 Å². The molecular weight excluding hydrogens is 320 g/mol. The van der Waals surface area contributed by atoms with Crippen molar-refractivity contribution in [3.63, 3.8) is 0 Å². The molecule has 0 amide bonds. The summed E-state index contributed by atoms with van der Waals surface area (Å²) in [6.07, 6.45) is 0. The summed E-state index contributed by atoms with van der Waals surface area (Å²) < 4.78 is 0. The maximum atomic E-state index is 10.5. The van der Waals surface area contributed by atoms with Crippen molar-refractivity contribution < 1.29 is 14.8 Å². The molecule has 0 saturated carbocycles. The lowest BCUT2D eigenvalue weighted by Gasteiger charge is -1.99. The van der Waals surface area contributed by atoms with Crippen molar-refractivity contribution >= 4 is 22.7 Å². The van der Waals surface area contributed by atoms with Crippen molar-refractivity contribution in [1.82, 2.24) is 0 Å². The molecule has 126 valence electrons. The van der Waals surface area contributed by atoms with Gasteiger partial charge in [0, 0.05) is 5.69 Å². The van der Waals surface area contributed by atoms with Crippen LogP contribution in [0.4, 0.5) is 22.7 Å². The number of hydrogen-bond donors (Lipinski definition) is 1. The van der Waals surface area contributed by atoms with Crippen LogP contribution in [0.5, 0.6) is 0 Å². The molecular formula is C14H14N4O6. The average molecular weight is 334 g/mol. The number of rotatable bonds is 3.